The standard InChI is InChI=1S/C8H15N.C2H6.H2/c1-2-4-8(3-1)5-6-9-7-8;1-2;/h9H,1-7H2;1-2H3;1H. The quantitative estimate of drug-likeness (QED) is 0.570. The van der Waals surface area contributed by atoms with Gasteiger partial charge in [0.05, 0.1) is 0 Å². The highest BCUT2D eigenvalue weighted by Gasteiger charge is 2.35. The zero-order chi connectivity index (χ0) is 8.16. The van der Waals surface area contributed by atoms with Crippen molar-refractivity contribution in [2.75, 3.05) is 13.1 Å². The molecule has 2 aliphatic rings. The summed E-state index contributed by atoms with van der Waals surface area (Å²) < 4.78 is 0. The second-order valence-electron chi connectivity index (χ2n) is 3.63. The van der Waals surface area contributed by atoms with Crippen LogP contribution in [0.4, 0.5) is 0 Å². The Kier molecular flexibility index (Phi) is 3.38. The SMILES string of the molecule is C1CCC2(C1)CCNC2.CC.[HH]. The Morgan fingerprint density at radius 1 is 1.09 bits per heavy atom. The van der Waals surface area contributed by atoms with Crippen LogP contribution < -0.4 is 5.32 Å². The molecule has 0 aromatic heterocycles. The lowest BCUT2D eigenvalue weighted by molar-refractivity contribution is 0.336. The van der Waals surface area contributed by atoms with Gasteiger partial charge in [0.25, 0.3) is 0 Å². The average molecular weight is 157 g/mol. The summed E-state index contributed by atoms with van der Waals surface area (Å²) in [5.74, 6) is 0. The van der Waals surface area contributed by atoms with E-state index in [9.17, 15) is 0 Å². The number of hydrogen-bond donors (Lipinski definition) is 1. The van der Waals surface area contributed by atoms with E-state index >= 15 is 0 Å². The van der Waals surface area contributed by atoms with E-state index < -0.39 is 0 Å². The molecule has 0 aromatic carbocycles. The maximum Gasteiger partial charge on any atom is 0.000829 e. The Hall–Kier alpha value is -0.0400. The summed E-state index contributed by atoms with van der Waals surface area (Å²) in [7, 11) is 0. The van der Waals surface area contributed by atoms with Crippen molar-refractivity contribution in [3.8, 4) is 0 Å². The van der Waals surface area contributed by atoms with E-state index in [-0.39, 0.29) is 1.43 Å². The summed E-state index contributed by atoms with van der Waals surface area (Å²) >= 11 is 0. The van der Waals surface area contributed by atoms with Crippen LogP contribution in [0, 0.1) is 5.41 Å². The molecule has 1 saturated heterocycles. The van der Waals surface area contributed by atoms with Gasteiger partial charge in [-0.25, -0.2) is 0 Å². The molecule has 0 amide bonds. The van der Waals surface area contributed by atoms with Gasteiger partial charge in [-0.15, -0.1) is 0 Å². The first kappa shape index (κ1) is 9.05. The smallest absolute Gasteiger partial charge is 0.000829 e. The molecule has 68 valence electrons. The summed E-state index contributed by atoms with van der Waals surface area (Å²) in [6, 6.07) is 0. The van der Waals surface area contributed by atoms with Crippen molar-refractivity contribution >= 4 is 0 Å². The van der Waals surface area contributed by atoms with Gasteiger partial charge in [-0.2, -0.15) is 0 Å². The lowest BCUT2D eigenvalue weighted by Gasteiger charge is -2.19. The van der Waals surface area contributed by atoms with E-state index in [2.05, 4.69) is 5.32 Å². The zero-order valence-electron chi connectivity index (χ0n) is 7.95. The van der Waals surface area contributed by atoms with Crippen molar-refractivity contribution in [1.29, 1.82) is 0 Å². The van der Waals surface area contributed by atoms with Crippen molar-refractivity contribution in [2.45, 2.75) is 46.0 Å². The molecule has 11 heavy (non-hydrogen) atoms. The fraction of sp³-hybridized carbons (Fsp3) is 1.00. The highest BCUT2D eigenvalue weighted by atomic mass is 14.9. The monoisotopic (exact) mass is 157 g/mol. The average Bonchev–Trinajstić information content (AvgIpc) is 2.69. The van der Waals surface area contributed by atoms with E-state index in [0.717, 1.165) is 5.41 Å². The highest BCUT2D eigenvalue weighted by molar-refractivity contribution is 4.91. The van der Waals surface area contributed by atoms with E-state index in [0.29, 0.717) is 0 Å². The van der Waals surface area contributed by atoms with E-state index in [1.807, 2.05) is 13.8 Å². The van der Waals surface area contributed by atoms with Crippen LogP contribution in [0.2, 0.25) is 0 Å². The molecule has 1 heterocycles. The molecule has 1 aliphatic carbocycles. The van der Waals surface area contributed by atoms with Gasteiger partial charge in [-0.05, 0) is 31.2 Å². The Balaban J connectivity index is 0.000000378. The fourth-order valence-electron chi connectivity index (χ4n) is 2.35. The van der Waals surface area contributed by atoms with Crippen molar-refractivity contribution in [3.63, 3.8) is 0 Å². The summed E-state index contributed by atoms with van der Waals surface area (Å²) in [6.07, 6.45) is 7.43. The molecule has 1 nitrogen and oxygen atoms in total. The van der Waals surface area contributed by atoms with Gasteiger partial charge in [0, 0.05) is 7.97 Å². The first-order valence-electron chi connectivity index (χ1n) is 5.12. The van der Waals surface area contributed by atoms with Crippen LogP contribution in [0.25, 0.3) is 0 Å². The normalized spacial score (nSPS) is 26.7. The van der Waals surface area contributed by atoms with Crippen LogP contribution in [-0.4, -0.2) is 13.1 Å². The molecule has 1 heteroatoms. The first-order chi connectivity index (χ1) is 5.41. The number of hydrogen-bond acceptors (Lipinski definition) is 1. The van der Waals surface area contributed by atoms with E-state index in [1.165, 1.54) is 45.2 Å². The molecule has 2 fully saturated rings. The molecule has 1 saturated carbocycles. The minimum atomic E-state index is 0. The highest BCUT2D eigenvalue weighted by Crippen LogP contribution is 2.42. The molecule has 1 aliphatic heterocycles. The number of rotatable bonds is 0. The molecule has 0 unspecified atom stereocenters. The third kappa shape index (κ3) is 1.96. The van der Waals surface area contributed by atoms with Crippen molar-refractivity contribution < 1.29 is 1.43 Å². The van der Waals surface area contributed by atoms with Gasteiger partial charge < -0.3 is 5.32 Å². The maximum atomic E-state index is 3.46. The van der Waals surface area contributed by atoms with Crippen LogP contribution in [0.1, 0.15) is 47.4 Å². The predicted octanol–water partition coefficient (Wildman–Crippen LogP) is 2.81. The summed E-state index contributed by atoms with van der Waals surface area (Å²) in [5.41, 5.74) is 0.778. The minimum absolute atomic E-state index is 0. The van der Waals surface area contributed by atoms with Gasteiger partial charge in [0.15, 0.2) is 0 Å². The van der Waals surface area contributed by atoms with Gasteiger partial charge in [-0.3, -0.25) is 0 Å². The zero-order valence-corrected chi connectivity index (χ0v) is 7.95. The molecule has 0 radical (unpaired) electrons. The van der Waals surface area contributed by atoms with Crippen LogP contribution in [0.3, 0.4) is 0 Å². The van der Waals surface area contributed by atoms with E-state index in [4.69, 9.17) is 0 Å². The van der Waals surface area contributed by atoms with Crippen LogP contribution in [0.5, 0.6) is 0 Å². The fourth-order valence-corrected chi connectivity index (χ4v) is 2.35. The van der Waals surface area contributed by atoms with Crippen molar-refractivity contribution in [3.05, 3.63) is 0 Å². The Morgan fingerprint density at radius 3 is 2.18 bits per heavy atom. The van der Waals surface area contributed by atoms with Crippen molar-refractivity contribution in [2.24, 2.45) is 5.41 Å². The second kappa shape index (κ2) is 4.10. The molecule has 0 atom stereocenters. The Bertz CT molecular complexity index is 84.9. The maximum absolute atomic E-state index is 3.46. The third-order valence-corrected chi connectivity index (χ3v) is 3.00. The minimum Gasteiger partial charge on any atom is -0.316 e. The largest absolute Gasteiger partial charge is 0.316 e. The molecule has 0 bridgehead atoms. The third-order valence-electron chi connectivity index (χ3n) is 3.00. The Morgan fingerprint density at radius 2 is 1.73 bits per heavy atom. The lowest BCUT2D eigenvalue weighted by Crippen LogP contribution is -2.19. The van der Waals surface area contributed by atoms with Crippen LogP contribution in [0.15, 0.2) is 0 Å². The topological polar surface area (TPSA) is 12.0 Å². The predicted molar refractivity (Wildman–Crippen MR) is 51.8 cm³/mol. The molecule has 0 aromatic rings. The van der Waals surface area contributed by atoms with Crippen molar-refractivity contribution in [1.82, 2.24) is 5.32 Å². The van der Waals surface area contributed by atoms with Gasteiger partial charge in [-0.1, -0.05) is 26.7 Å². The summed E-state index contributed by atoms with van der Waals surface area (Å²) in [6.45, 7) is 6.59. The molecule has 1 spiro atoms. The second-order valence-corrected chi connectivity index (χ2v) is 3.63. The number of nitrogens with one attached hydrogen (secondary N) is 1. The Labute approximate surface area is 72.1 Å². The van der Waals surface area contributed by atoms with Crippen LogP contribution in [-0.2, 0) is 0 Å². The summed E-state index contributed by atoms with van der Waals surface area (Å²) in [4.78, 5) is 0. The summed E-state index contributed by atoms with van der Waals surface area (Å²) in [5, 5.41) is 3.46. The van der Waals surface area contributed by atoms with Gasteiger partial charge >= 0.3 is 0 Å². The van der Waals surface area contributed by atoms with E-state index in [1.54, 1.807) is 0 Å². The van der Waals surface area contributed by atoms with Crippen LogP contribution >= 0.6 is 0 Å². The van der Waals surface area contributed by atoms with Gasteiger partial charge in [0.2, 0.25) is 0 Å². The molecule has 1 N–H and O–H groups in total. The molecular formula is C10H23N. The molecule has 2 rings (SSSR count). The first-order valence-corrected chi connectivity index (χ1v) is 5.12. The van der Waals surface area contributed by atoms with Gasteiger partial charge in [0.1, 0.15) is 0 Å². The lowest BCUT2D eigenvalue weighted by atomic mass is 9.86. The molecular weight excluding hydrogens is 134 g/mol.